The van der Waals surface area contributed by atoms with E-state index >= 15 is 0 Å². The maximum absolute atomic E-state index is 14.0. The van der Waals surface area contributed by atoms with Crippen molar-refractivity contribution >= 4 is 23.5 Å². The van der Waals surface area contributed by atoms with Crippen LogP contribution in [0.1, 0.15) is 27.7 Å². The third-order valence-corrected chi connectivity index (χ3v) is 8.58. The van der Waals surface area contributed by atoms with Crippen molar-refractivity contribution in [2.75, 3.05) is 0 Å². The molecule has 3 aromatic rings. The van der Waals surface area contributed by atoms with Gasteiger partial charge >= 0.3 is 0 Å². The number of para-hydroxylation sites is 1. The molecule has 4 heteroatoms. The summed E-state index contributed by atoms with van der Waals surface area (Å²) in [5.74, 6) is 0. The van der Waals surface area contributed by atoms with Gasteiger partial charge in [0.1, 0.15) is 12.6 Å². The van der Waals surface area contributed by atoms with E-state index in [1.165, 1.54) is 0 Å². The van der Waals surface area contributed by atoms with Gasteiger partial charge in [0.15, 0.2) is 0 Å². The number of benzene rings is 2. The molecule has 2 aromatic carbocycles. The molecule has 1 aromatic heterocycles. The smallest absolute Gasteiger partial charge is 0.138 e. The summed E-state index contributed by atoms with van der Waals surface area (Å²) in [6, 6.07) is 18.0. The summed E-state index contributed by atoms with van der Waals surface area (Å²) in [6.45, 7) is 8.21. The highest BCUT2D eigenvalue weighted by Crippen LogP contribution is 2.55. The Morgan fingerprint density at radius 3 is 2.04 bits per heavy atom. The van der Waals surface area contributed by atoms with E-state index in [0.29, 0.717) is 0 Å². The second-order valence-corrected chi connectivity index (χ2v) is 10.4. The first-order valence-corrected chi connectivity index (χ1v) is 9.94. The predicted molar refractivity (Wildman–Crippen MR) is 98.6 cm³/mol. The van der Waals surface area contributed by atoms with Crippen molar-refractivity contribution in [3.63, 3.8) is 0 Å². The van der Waals surface area contributed by atoms with Crippen LogP contribution < -0.4 is 5.44 Å². The fourth-order valence-corrected chi connectivity index (χ4v) is 6.38. The minimum atomic E-state index is -2.62. The van der Waals surface area contributed by atoms with Crippen LogP contribution in [0.2, 0.25) is 0 Å². The van der Waals surface area contributed by atoms with Gasteiger partial charge in [0, 0.05) is 16.7 Å². The third kappa shape index (κ3) is 2.53. The monoisotopic (exact) mass is 326 g/mol. The molecule has 0 saturated heterocycles. The molecule has 0 saturated carbocycles. The lowest BCUT2D eigenvalue weighted by atomic mass is 10.3. The number of fused-ring (bicyclic) bond motifs is 1. The second-order valence-electron chi connectivity index (χ2n) is 6.48. The van der Waals surface area contributed by atoms with Gasteiger partial charge < -0.3 is 4.57 Å². The highest BCUT2D eigenvalue weighted by Gasteiger charge is 2.37. The highest BCUT2D eigenvalue weighted by molar-refractivity contribution is 7.73. The van der Waals surface area contributed by atoms with Gasteiger partial charge in [-0.2, -0.15) is 5.10 Å². The lowest BCUT2D eigenvalue weighted by molar-refractivity contribution is 0.567. The molecule has 0 aliphatic carbocycles. The van der Waals surface area contributed by atoms with Crippen molar-refractivity contribution in [1.29, 1.82) is 0 Å². The topological polar surface area (TPSA) is 34.9 Å². The molecule has 0 spiro atoms. The van der Waals surface area contributed by atoms with Crippen LogP contribution >= 0.6 is 7.14 Å². The molecule has 0 radical (unpaired) electrons. The van der Waals surface area contributed by atoms with Gasteiger partial charge in [-0.25, -0.2) is 4.68 Å². The van der Waals surface area contributed by atoms with Gasteiger partial charge in [0.2, 0.25) is 0 Å². The Bertz CT molecular complexity index is 853. The number of aromatic nitrogens is 2. The Labute approximate surface area is 137 Å². The number of nitrogens with zero attached hydrogens (tertiary/aromatic N) is 2. The van der Waals surface area contributed by atoms with Gasteiger partial charge in [0.25, 0.3) is 0 Å². The number of hydrogen-bond acceptors (Lipinski definition) is 2. The van der Waals surface area contributed by atoms with Gasteiger partial charge in [0.05, 0.1) is 11.2 Å². The van der Waals surface area contributed by atoms with Crippen molar-refractivity contribution < 1.29 is 4.57 Å². The third-order valence-electron chi connectivity index (χ3n) is 4.42. The molecule has 0 aliphatic heterocycles. The summed E-state index contributed by atoms with van der Waals surface area (Å²) in [6.07, 6.45) is 0. The van der Waals surface area contributed by atoms with Crippen molar-refractivity contribution in [2.45, 2.75) is 39.0 Å². The summed E-state index contributed by atoms with van der Waals surface area (Å²) in [5, 5.41) is 5.76. The Balaban J connectivity index is 2.41. The van der Waals surface area contributed by atoms with E-state index in [-0.39, 0.29) is 11.3 Å². The average Bonchev–Trinajstić information content (AvgIpc) is 2.94. The van der Waals surface area contributed by atoms with Gasteiger partial charge in [-0.1, -0.05) is 64.1 Å². The first kappa shape index (κ1) is 16.0. The van der Waals surface area contributed by atoms with E-state index < -0.39 is 7.14 Å². The molecule has 120 valence electrons. The Kier molecular flexibility index (Phi) is 4.16. The lowest BCUT2D eigenvalue weighted by Gasteiger charge is -2.27. The van der Waals surface area contributed by atoms with E-state index in [4.69, 9.17) is 5.10 Å². The van der Waals surface area contributed by atoms with Crippen LogP contribution in [-0.4, -0.2) is 21.1 Å². The molecular weight excluding hydrogens is 303 g/mol. The number of rotatable bonds is 4. The molecule has 3 rings (SSSR count). The zero-order valence-corrected chi connectivity index (χ0v) is 15.0. The average molecular weight is 326 g/mol. The molecular formula is C19H23N2OP. The first-order chi connectivity index (χ1) is 11.0. The SMILES string of the molecule is CC(C)P(=O)(c1c2ccccc2nn1-c1ccccc1)C(C)C. The Morgan fingerprint density at radius 1 is 0.870 bits per heavy atom. The van der Waals surface area contributed by atoms with Crippen molar-refractivity contribution in [3.05, 3.63) is 54.6 Å². The minimum absolute atomic E-state index is 0.0741. The predicted octanol–water partition coefficient (Wildman–Crippen LogP) is 4.83. The van der Waals surface area contributed by atoms with Gasteiger partial charge in [-0.15, -0.1) is 0 Å². The molecule has 0 atom stereocenters. The summed E-state index contributed by atoms with van der Waals surface area (Å²) in [7, 11) is -2.62. The normalized spacial score (nSPS) is 12.4. The Hall–Kier alpha value is -1.86. The van der Waals surface area contributed by atoms with Crippen molar-refractivity contribution in [3.8, 4) is 5.69 Å². The molecule has 0 bridgehead atoms. The van der Waals surface area contributed by atoms with E-state index in [2.05, 4.69) is 27.7 Å². The highest BCUT2D eigenvalue weighted by atomic mass is 31.2. The van der Waals surface area contributed by atoms with Crippen LogP contribution in [0.25, 0.3) is 16.6 Å². The fraction of sp³-hybridized carbons (Fsp3) is 0.316. The summed E-state index contributed by atoms with van der Waals surface area (Å²) >= 11 is 0. The van der Waals surface area contributed by atoms with Crippen LogP contribution in [0.4, 0.5) is 0 Å². The molecule has 0 aliphatic rings. The molecule has 3 nitrogen and oxygen atoms in total. The quantitative estimate of drug-likeness (QED) is 0.644. The van der Waals surface area contributed by atoms with Crippen LogP contribution in [0.5, 0.6) is 0 Å². The second kappa shape index (κ2) is 5.98. The standard InChI is InChI=1S/C19H23N2OP/c1-14(2)23(22,15(3)4)19-17-12-8-9-13-18(17)20-21(19)16-10-6-5-7-11-16/h5-15H,1-4H3. The molecule has 1 heterocycles. The maximum atomic E-state index is 14.0. The minimum Gasteiger partial charge on any atom is -0.316 e. The Morgan fingerprint density at radius 2 is 1.43 bits per heavy atom. The van der Waals surface area contributed by atoms with Gasteiger partial charge in [-0.3, -0.25) is 0 Å². The van der Waals surface area contributed by atoms with E-state index in [0.717, 1.165) is 22.0 Å². The fourth-order valence-electron chi connectivity index (χ4n) is 3.19. The van der Waals surface area contributed by atoms with Gasteiger partial charge in [-0.05, 0) is 18.2 Å². The zero-order valence-electron chi connectivity index (χ0n) is 14.1. The van der Waals surface area contributed by atoms with Crippen molar-refractivity contribution in [2.24, 2.45) is 0 Å². The molecule has 0 fully saturated rings. The van der Waals surface area contributed by atoms with Crippen molar-refractivity contribution in [1.82, 2.24) is 9.78 Å². The molecule has 0 amide bonds. The van der Waals surface area contributed by atoms with Crippen LogP contribution in [0.3, 0.4) is 0 Å². The molecule has 0 unspecified atom stereocenters. The summed E-state index contributed by atoms with van der Waals surface area (Å²) in [5.41, 5.74) is 2.88. The number of hydrogen-bond donors (Lipinski definition) is 0. The van der Waals surface area contributed by atoms with Crippen LogP contribution in [0.15, 0.2) is 54.6 Å². The van der Waals surface area contributed by atoms with E-state index in [9.17, 15) is 4.57 Å². The molecule has 23 heavy (non-hydrogen) atoms. The first-order valence-electron chi connectivity index (χ1n) is 8.09. The lowest BCUT2D eigenvalue weighted by Crippen LogP contribution is -2.26. The van der Waals surface area contributed by atoms with Crippen LogP contribution in [0, 0.1) is 0 Å². The summed E-state index contributed by atoms with van der Waals surface area (Å²) < 4.78 is 15.9. The maximum Gasteiger partial charge on any atom is 0.138 e. The zero-order chi connectivity index (χ0) is 16.6. The van der Waals surface area contributed by atoms with E-state index in [1.807, 2.05) is 59.3 Å². The van der Waals surface area contributed by atoms with Crippen LogP contribution in [-0.2, 0) is 4.57 Å². The van der Waals surface area contributed by atoms with E-state index in [1.54, 1.807) is 0 Å². The molecule has 0 N–H and O–H groups in total. The summed E-state index contributed by atoms with van der Waals surface area (Å²) in [4.78, 5) is 0. The largest absolute Gasteiger partial charge is 0.316 e.